The number of rotatable bonds is 3. The molecule has 1 fully saturated rings. The van der Waals surface area contributed by atoms with Gasteiger partial charge in [-0.1, -0.05) is 0 Å². The Hall–Kier alpha value is -1.60. The highest BCUT2D eigenvalue weighted by atomic mass is 19.1. The number of benzene rings is 1. The highest BCUT2D eigenvalue weighted by Gasteiger charge is 2.17. The summed E-state index contributed by atoms with van der Waals surface area (Å²) >= 11 is 0. The minimum atomic E-state index is -0.366. The molecule has 1 saturated heterocycles. The summed E-state index contributed by atoms with van der Waals surface area (Å²) in [4.78, 5) is 2.33. The highest BCUT2D eigenvalue weighted by Crippen LogP contribution is 2.19. The van der Waals surface area contributed by atoms with Gasteiger partial charge in [-0.15, -0.1) is 0 Å². The summed E-state index contributed by atoms with van der Waals surface area (Å²) in [5.41, 5.74) is 1.10. The Morgan fingerprint density at radius 3 is 3.11 bits per heavy atom. The van der Waals surface area contributed by atoms with Crippen LogP contribution in [0.4, 0.5) is 10.1 Å². The number of nitrogens with one attached hydrogen (secondary N) is 1. The van der Waals surface area contributed by atoms with Crippen molar-refractivity contribution in [1.82, 2.24) is 4.90 Å². The van der Waals surface area contributed by atoms with Gasteiger partial charge in [-0.2, -0.15) is 5.26 Å². The first-order valence-electron chi connectivity index (χ1n) is 6.31. The van der Waals surface area contributed by atoms with Gasteiger partial charge in [0.05, 0.1) is 11.3 Å². The standard InChI is InChI=1S/C14H18FN3/c1-18-6-2-3-11(10-18)9-17-14-5-4-13(15)7-12(14)8-16/h4-5,7,11,17H,2-3,6,9-10H2,1H3. The summed E-state index contributed by atoms with van der Waals surface area (Å²) in [6.07, 6.45) is 2.43. The van der Waals surface area contributed by atoms with E-state index < -0.39 is 0 Å². The van der Waals surface area contributed by atoms with E-state index >= 15 is 0 Å². The van der Waals surface area contributed by atoms with Crippen LogP contribution in [0, 0.1) is 23.1 Å². The number of anilines is 1. The molecule has 3 nitrogen and oxygen atoms in total. The largest absolute Gasteiger partial charge is 0.384 e. The third kappa shape index (κ3) is 3.21. The lowest BCUT2D eigenvalue weighted by Crippen LogP contribution is -2.35. The van der Waals surface area contributed by atoms with Gasteiger partial charge in [-0.3, -0.25) is 0 Å². The van der Waals surface area contributed by atoms with Gasteiger partial charge in [-0.05, 0) is 50.6 Å². The number of hydrogen-bond donors (Lipinski definition) is 1. The van der Waals surface area contributed by atoms with Crippen molar-refractivity contribution >= 4 is 5.69 Å². The Kier molecular flexibility index (Phi) is 4.16. The van der Waals surface area contributed by atoms with Crippen LogP contribution >= 0.6 is 0 Å². The zero-order valence-electron chi connectivity index (χ0n) is 10.6. The fourth-order valence-electron chi connectivity index (χ4n) is 2.46. The van der Waals surface area contributed by atoms with Crippen LogP contribution in [0.25, 0.3) is 0 Å². The number of likely N-dealkylation sites (tertiary alicyclic amines) is 1. The lowest BCUT2D eigenvalue weighted by molar-refractivity contribution is 0.217. The van der Waals surface area contributed by atoms with Crippen LogP contribution in [-0.2, 0) is 0 Å². The molecule has 18 heavy (non-hydrogen) atoms. The average molecular weight is 247 g/mol. The van der Waals surface area contributed by atoms with Gasteiger partial charge in [-0.25, -0.2) is 4.39 Å². The van der Waals surface area contributed by atoms with Gasteiger partial charge in [0, 0.05) is 13.1 Å². The molecule has 1 aliphatic heterocycles. The molecule has 0 bridgehead atoms. The fourth-order valence-corrected chi connectivity index (χ4v) is 2.46. The van der Waals surface area contributed by atoms with E-state index in [1.165, 1.54) is 25.0 Å². The molecule has 1 aliphatic rings. The second-order valence-corrected chi connectivity index (χ2v) is 4.95. The predicted octanol–water partition coefficient (Wildman–Crippen LogP) is 2.45. The summed E-state index contributed by atoms with van der Waals surface area (Å²) in [6.45, 7) is 3.08. The minimum absolute atomic E-state index is 0.366. The van der Waals surface area contributed by atoms with Crippen molar-refractivity contribution in [2.75, 3.05) is 32.0 Å². The molecule has 1 aromatic rings. The average Bonchev–Trinajstić information content (AvgIpc) is 2.37. The van der Waals surface area contributed by atoms with Crippen molar-refractivity contribution in [3.63, 3.8) is 0 Å². The molecular formula is C14H18FN3. The van der Waals surface area contributed by atoms with E-state index in [4.69, 9.17) is 5.26 Å². The van der Waals surface area contributed by atoms with E-state index in [-0.39, 0.29) is 5.82 Å². The summed E-state index contributed by atoms with van der Waals surface area (Å²) in [6, 6.07) is 6.32. The molecule has 0 amide bonds. The second kappa shape index (κ2) is 5.83. The Morgan fingerprint density at radius 2 is 2.39 bits per heavy atom. The van der Waals surface area contributed by atoms with Gasteiger partial charge in [0.2, 0.25) is 0 Å². The smallest absolute Gasteiger partial charge is 0.124 e. The molecule has 1 heterocycles. The predicted molar refractivity (Wildman–Crippen MR) is 69.8 cm³/mol. The first-order chi connectivity index (χ1) is 8.69. The Morgan fingerprint density at radius 1 is 1.56 bits per heavy atom. The Bertz CT molecular complexity index is 453. The topological polar surface area (TPSA) is 39.1 Å². The van der Waals surface area contributed by atoms with Crippen LogP contribution in [0.15, 0.2) is 18.2 Å². The van der Waals surface area contributed by atoms with Crippen molar-refractivity contribution in [2.24, 2.45) is 5.92 Å². The summed E-state index contributed by atoms with van der Waals surface area (Å²) in [5, 5.41) is 12.2. The summed E-state index contributed by atoms with van der Waals surface area (Å²) in [7, 11) is 2.13. The monoisotopic (exact) mass is 247 g/mol. The third-order valence-electron chi connectivity index (χ3n) is 3.41. The highest BCUT2D eigenvalue weighted by molar-refractivity contribution is 5.57. The molecule has 0 spiro atoms. The number of piperidine rings is 1. The van der Waals surface area contributed by atoms with Crippen LogP contribution in [0.3, 0.4) is 0 Å². The molecule has 96 valence electrons. The molecule has 4 heteroatoms. The molecule has 0 saturated carbocycles. The van der Waals surface area contributed by atoms with Crippen LogP contribution in [0.5, 0.6) is 0 Å². The zero-order valence-corrected chi connectivity index (χ0v) is 10.6. The SMILES string of the molecule is CN1CCCC(CNc2ccc(F)cc2C#N)C1. The van der Waals surface area contributed by atoms with Crippen molar-refractivity contribution in [3.8, 4) is 6.07 Å². The lowest BCUT2D eigenvalue weighted by atomic mass is 9.98. The quantitative estimate of drug-likeness (QED) is 0.891. The van der Waals surface area contributed by atoms with Crippen molar-refractivity contribution in [3.05, 3.63) is 29.6 Å². The van der Waals surface area contributed by atoms with Crippen LogP contribution in [0.1, 0.15) is 18.4 Å². The van der Waals surface area contributed by atoms with E-state index in [1.54, 1.807) is 6.07 Å². The molecule has 1 N–H and O–H groups in total. The van der Waals surface area contributed by atoms with Crippen molar-refractivity contribution in [1.29, 1.82) is 5.26 Å². The Labute approximate surface area is 107 Å². The first-order valence-corrected chi connectivity index (χ1v) is 6.31. The van der Waals surface area contributed by atoms with Gasteiger partial charge in [0.1, 0.15) is 11.9 Å². The van der Waals surface area contributed by atoms with E-state index in [0.717, 1.165) is 25.3 Å². The normalized spacial score (nSPS) is 20.4. The maximum Gasteiger partial charge on any atom is 0.124 e. The van der Waals surface area contributed by atoms with Crippen molar-refractivity contribution in [2.45, 2.75) is 12.8 Å². The molecule has 0 aliphatic carbocycles. The maximum absolute atomic E-state index is 13.0. The number of hydrogen-bond acceptors (Lipinski definition) is 3. The van der Waals surface area contributed by atoms with Gasteiger partial charge >= 0.3 is 0 Å². The third-order valence-corrected chi connectivity index (χ3v) is 3.41. The molecule has 0 radical (unpaired) electrons. The van der Waals surface area contributed by atoms with E-state index in [9.17, 15) is 4.39 Å². The molecule has 2 rings (SSSR count). The molecule has 1 aromatic carbocycles. The van der Waals surface area contributed by atoms with E-state index in [0.29, 0.717) is 11.5 Å². The van der Waals surface area contributed by atoms with Gasteiger partial charge in [0.15, 0.2) is 0 Å². The lowest BCUT2D eigenvalue weighted by Gasteiger charge is -2.30. The molecule has 1 atom stereocenters. The minimum Gasteiger partial charge on any atom is -0.384 e. The van der Waals surface area contributed by atoms with Crippen LogP contribution in [0.2, 0.25) is 0 Å². The molecule has 0 aromatic heterocycles. The zero-order chi connectivity index (χ0) is 13.0. The Balaban J connectivity index is 1.96. The molecular weight excluding hydrogens is 229 g/mol. The number of nitriles is 1. The van der Waals surface area contributed by atoms with Crippen molar-refractivity contribution < 1.29 is 4.39 Å². The maximum atomic E-state index is 13.0. The fraction of sp³-hybridized carbons (Fsp3) is 0.500. The summed E-state index contributed by atoms with van der Waals surface area (Å²) in [5.74, 6) is 0.231. The van der Waals surface area contributed by atoms with Crippen LogP contribution < -0.4 is 5.32 Å². The van der Waals surface area contributed by atoms with E-state index in [2.05, 4.69) is 17.3 Å². The number of halogens is 1. The summed E-state index contributed by atoms with van der Waals surface area (Å²) < 4.78 is 13.0. The number of nitrogens with zero attached hydrogens (tertiary/aromatic N) is 2. The second-order valence-electron chi connectivity index (χ2n) is 4.95. The van der Waals surface area contributed by atoms with Gasteiger partial charge in [0.25, 0.3) is 0 Å². The van der Waals surface area contributed by atoms with Gasteiger partial charge < -0.3 is 10.2 Å². The first kappa shape index (κ1) is 12.8. The van der Waals surface area contributed by atoms with Crippen LogP contribution in [-0.4, -0.2) is 31.6 Å². The molecule has 1 unspecified atom stereocenters. The van der Waals surface area contributed by atoms with E-state index in [1.807, 2.05) is 6.07 Å².